The molecule has 288 valence electrons. The number of carbonyl (C=O) groups is 2. The third-order valence-electron chi connectivity index (χ3n) is 8.35. The van der Waals surface area contributed by atoms with Gasteiger partial charge in [0, 0.05) is 19.4 Å². The predicted molar refractivity (Wildman–Crippen MR) is 201 cm³/mol. The highest BCUT2D eigenvalue weighted by molar-refractivity contribution is 7.47. The number of carbonyl (C=O) groups excluding carboxylic acids is 2. The average molecular weight is 716 g/mol. The molecular formula is C39H74NO8P. The number of nitrogens with one attached hydrogen (secondary N) is 1. The quantitative estimate of drug-likeness (QED) is 0.0251. The maximum atomic E-state index is 12.0. The van der Waals surface area contributed by atoms with Gasteiger partial charge in [0.05, 0.1) is 13.2 Å². The monoisotopic (exact) mass is 716 g/mol. The molecule has 0 aromatic heterocycles. The van der Waals surface area contributed by atoms with E-state index in [1.54, 1.807) is 0 Å². The largest absolute Gasteiger partial charge is 0.472 e. The van der Waals surface area contributed by atoms with E-state index in [2.05, 4.69) is 43.5 Å². The molecule has 0 bridgehead atoms. The van der Waals surface area contributed by atoms with E-state index in [-0.39, 0.29) is 32.1 Å². The number of hydrogen-bond acceptors (Lipinski definition) is 7. The standard InChI is InChI=1S/C39H74NO8P/c1-3-5-7-9-11-13-15-17-18-19-20-21-23-25-27-29-31-38(42)40-33-34-47-49(44,45)48-36-37(41)35-46-39(43)32-30-28-26-24-22-16-14-12-10-8-6-4-2/h12,14,18-19,37,41H,3-11,13,15-17,20-36H2,1-2H3,(H,40,42)(H,44,45)/b14-12-,19-18-. The highest BCUT2D eigenvalue weighted by Crippen LogP contribution is 2.42. The van der Waals surface area contributed by atoms with Crippen LogP contribution in [0.1, 0.15) is 181 Å². The molecule has 2 atom stereocenters. The zero-order valence-electron chi connectivity index (χ0n) is 31.4. The molecule has 0 rings (SSSR count). The van der Waals surface area contributed by atoms with E-state index in [9.17, 15) is 24.2 Å². The van der Waals surface area contributed by atoms with E-state index in [1.165, 1.54) is 83.5 Å². The molecule has 9 nitrogen and oxygen atoms in total. The number of hydrogen-bond donors (Lipinski definition) is 3. The molecule has 0 aromatic carbocycles. The summed E-state index contributed by atoms with van der Waals surface area (Å²) >= 11 is 0. The fraction of sp³-hybridized carbons (Fsp3) is 0.846. The summed E-state index contributed by atoms with van der Waals surface area (Å²) in [5.41, 5.74) is 0. The summed E-state index contributed by atoms with van der Waals surface area (Å²) in [6.45, 7) is 3.50. The Morgan fingerprint density at radius 1 is 0.612 bits per heavy atom. The summed E-state index contributed by atoms with van der Waals surface area (Å²) in [6.07, 6.45) is 36.8. The third kappa shape index (κ3) is 37.6. The Labute approximate surface area is 300 Å². The topological polar surface area (TPSA) is 131 Å². The minimum absolute atomic E-state index is 0.0777. The van der Waals surface area contributed by atoms with Crippen molar-refractivity contribution in [2.45, 2.75) is 187 Å². The van der Waals surface area contributed by atoms with Crippen LogP contribution in [0.4, 0.5) is 0 Å². The minimum Gasteiger partial charge on any atom is -0.463 e. The molecule has 0 aromatic rings. The highest BCUT2D eigenvalue weighted by Gasteiger charge is 2.23. The summed E-state index contributed by atoms with van der Waals surface area (Å²) in [5, 5.41) is 12.6. The molecular weight excluding hydrogens is 641 g/mol. The summed E-state index contributed by atoms with van der Waals surface area (Å²) in [6, 6.07) is 0. The molecule has 3 N–H and O–H groups in total. The van der Waals surface area contributed by atoms with Crippen LogP contribution >= 0.6 is 7.82 Å². The van der Waals surface area contributed by atoms with Crippen molar-refractivity contribution >= 4 is 19.7 Å². The predicted octanol–water partition coefficient (Wildman–Crippen LogP) is 10.4. The van der Waals surface area contributed by atoms with Gasteiger partial charge in [0.1, 0.15) is 12.7 Å². The smallest absolute Gasteiger partial charge is 0.463 e. The molecule has 0 aliphatic heterocycles. The Morgan fingerprint density at radius 3 is 1.57 bits per heavy atom. The van der Waals surface area contributed by atoms with Crippen molar-refractivity contribution in [3.63, 3.8) is 0 Å². The molecule has 0 fully saturated rings. The Balaban J connectivity index is 3.63. The lowest BCUT2D eigenvalue weighted by molar-refractivity contribution is -0.147. The van der Waals surface area contributed by atoms with Crippen molar-refractivity contribution in [3.8, 4) is 0 Å². The van der Waals surface area contributed by atoms with Gasteiger partial charge in [-0.2, -0.15) is 0 Å². The second-order valence-electron chi connectivity index (χ2n) is 13.2. The van der Waals surface area contributed by atoms with Gasteiger partial charge in [0.15, 0.2) is 0 Å². The van der Waals surface area contributed by atoms with E-state index in [0.717, 1.165) is 70.6 Å². The molecule has 49 heavy (non-hydrogen) atoms. The summed E-state index contributed by atoms with van der Waals surface area (Å²) < 4.78 is 26.8. The summed E-state index contributed by atoms with van der Waals surface area (Å²) in [5.74, 6) is -0.533. The fourth-order valence-electron chi connectivity index (χ4n) is 5.31. The van der Waals surface area contributed by atoms with Crippen molar-refractivity contribution < 1.29 is 37.9 Å². The molecule has 0 heterocycles. The maximum absolute atomic E-state index is 12.0. The molecule has 1 amide bonds. The van der Waals surface area contributed by atoms with Gasteiger partial charge in [0.2, 0.25) is 5.91 Å². The first kappa shape index (κ1) is 47.5. The normalized spacial score (nSPS) is 13.6. The SMILES string of the molecule is CCCCC/C=C\CCCCCCCC(=O)OCC(O)COP(=O)(O)OCCNC(=O)CCCCCCC/C=C\CCCCCCCCC. The van der Waals surface area contributed by atoms with Crippen molar-refractivity contribution in [1.29, 1.82) is 0 Å². The van der Waals surface area contributed by atoms with Crippen LogP contribution in [0, 0.1) is 0 Å². The number of esters is 1. The number of phosphoric acid groups is 1. The van der Waals surface area contributed by atoms with Gasteiger partial charge in [0.25, 0.3) is 0 Å². The Hall–Kier alpha value is -1.51. The fourth-order valence-corrected chi connectivity index (χ4v) is 6.07. The molecule has 10 heteroatoms. The minimum atomic E-state index is -4.41. The van der Waals surface area contributed by atoms with E-state index in [1.807, 2.05) is 0 Å². The number of phosphoric ester groups is 1. The number of aliphatic hydroxyl groups is 1. The van der Waals surface area contributed by atoms with Crippen molar-refractivity contribution in [2.24, 2.45) is 0 Å². The number of allylic oxidation sites excluding steroid dienone is 4. The van der Waals surface area contributed by atoms with Crippen LogP contribution in [0.15, 0.2) is 24.3 Å². The van der Waals surface area contributed by atoms with E-state index in [4.69, 9.17) is 13.8 Å². The van der Waals surface area contributed by atoms with Crippen molar-refractivity contribution in [3.05, 3.63) is 24.3 Å². The average Bonchev–Trinajstić information content (AvgIpc) is 3.08. The third-order valence-corrected chi connectivity index (χ3v) is 9.34. The Bertz CT molecular complexity index is 866. The van der Waals surface area contributed by atoms with Gasteiger partial charge in [-0.05, 0) is 64.2 Å². The second kappa shape index (κ2) is 36.3. The van der Waals surface area contributed by atoms with Gasteiger partial charge in [-0.1, -0.05) is 128 Å². The number of rotatable bonds is 37. The summed E-state index contributed by atoms with van der Waals surface area (Å²) in [4.78, 5) is 33.8. The van der Waals surface area contributed by atoms with Gasteiger partial charge in [-0.15, -0.1) is 0 Å². The summed E-state index contributed by atoms with van der Waals surface area (Å²) in [7, 11) is -4.41. The first-order chi connectivity index (χ1) is 23.8. The molecule has 0 spiro atoms. The zero-order valence-corrected chi connectivity index (χ0v) is 32.3. The van der Waals surface area contributed by atoms with Crippen LogP contribution in [0.2, 0.25) is 0 Å². The maximum Gasteiger partial charge on any atom is 0.472 e. The molecule has 0 saturated heterocycles. The van der Waals surface area contributed by atoms with Crippen LogP contribution < -0.4 is 5.32 Å². The molecule has 0 aliphatic carbocycles. The number of amides is 1. The van der Waals surface area contributed by atoms with Gasteiger partial charge < -0.3 is 20.1 Å². The van der Waals surface area contributed by atoms with Crippen molar-refractivity contribution in [1.82, 2.24) is 5.32 Å². The van der Waals surface area contributed by atoms with Crippen LogP contribution in [0.3, 0.4) is 0 Å². The zero-order chi connectivity index (χ0) is 36.1. The lowest BCUT2D eigenvalue weighted by atomic mass is 10.1. The molecule has 2 unspecified atom stereocenters. The Kier molecular flexibility index (Phi) is 35.2. The molecule has 0 saturated carbocycles. The number of ether oxygens (including phenoxy) is 1. The first-order valence-corrected chi connectivity index (χ1v) is 21.3. The van der Waals surface area contributed by atoms with Crippen LogP contribution in [-0.4, -0.2) is 54.3 Å². The van der Waals surface area contributed by atoms with Crippen molar-refractivity contribution in [2.75, 3.05) is 26.4 Å². The van der Waals surface area contributed by atoms with Gasteiger partial charge >= 0.3 is 13.8 Å². The molecule has 0 aliphatic rings. The highest BCUT2D eigenvalue weighted by atomic mass is 31.2. The number of unbranched alkanes of at least 4 members (excludes halogenated alkanes) is 20. The van der Waals surface area contributed by atoms with Crippen LogP contribution in [-0.2, 0) is 27.9 Å². The first-order valence-electron chi connectivity index (χ1n) is 19.8. The Morgan fingerprint density at radius 2 is 1.04 bits per heavy atom. The van der Waals surface area contributed by atoms with Crippen LogP contribution in [0.25, 0.3) is 0 Å². The number of aliphatic hydroxyl groups excluding tert-OH is 1. The van der Waals surface area contributed by atoms with E-state index < -0.39 is 26.5 Å². The lowest BCUT2D eigenvalue weighted by Gasteiger charge is -2.15. The van der Waals surface area contributed by atoms with Crippen LogP contribution in [0.5, 0.6) is 0 Å². The second-order valence-corrected chi connectivity index (χ2v) is 14.7. The van der Waals surface area contributed by atoms with E-state index in [0.29, 0.717) is 6.42 Å². The molecule has 0 radical (unpaired) electrons. The van der Waals surface area contributed by atoms with Gasteiger partial charge in [-0.3, -0.25) is 18.6 Å². The van der Waals surface area contributed by atoms with Gasteiger partial charge in [-0.25, -0.2) is 4.57 Å². The van der Waals surface area contributed by atoms with E-state index >= 15 is 0 Å². The lowest BCUT2D eigenvalue weighted by Crippen LogP contribution is -2.27.